The minimum Gasteiger partial charge on any atom is -0.340 e. The third kappa shape index (κ3) is 4.43. The van der Waals surface area contributed by atoms with E-state index in [1.54, 1.807) is 18.0 Å². The number of piperidine rings is 1. The highest BCUT2D eigenvalue weighted by Crippen LogP contribution is 2.33. The first-order valence-electron chi connectivity index (χ1n) is 9.90. The number of carbonyl (C=O) groups excluding carboxylic acids is 1. The van der Waals surface area contributed by atoms with E-state index in [1.807, 2.05) is 24.3 Å². The van der Waals surface area contributed by atoms with Gasteiger partial charge in [0.25, 0.3) is 0 Å². The molecule has 31 heavy (non-hydrogen) atoms. The van der Waals surface area contributed by atoms with Gasteiger partial charge in [0.15, 0.2) is 0 Å². The molecule has 1 N–H and O–H groups in total. The molecule has 0 aliphatic carbocycles. The van der Waals surface area contributed by atoms with Crippen LogP contribution in [0.15, 0.2) is 47.4 Å². The van der Waals surface area contributed by atoms with Crippen LogP contribution in [0.2, 0.25) is 10.0 Å². The van der Waals surface area contributed by atoms with Crippen LogP contribution in [-0.4, -0.2) is 53.6 Å². The Hall–Kier alpha value is -2.13. The molecule has 0 saturated carbocycles. The van der Waals surface area contributed by atoms with E-state index in [0.29, 0.717) is 25.2 Å². The molecule has 1 fully saturated rings. The van der Waals surface area contributed by atoms with Crippen LogP contribution in [0, 0.1) is 5.92 Å². The number of hydrogen-bond donors (Lipinski definition) is 1. The number of rotatable bonds is 5. The highest BCUT2D eigenvalue weighted by molar-refractivity contribution is 7.89. The monoisotopic (exact) mass is 480 g/mol. The zero-order valence-electron chi connectivity index (χ0n) is 16.9. The minimum absolute atomic E-state index is 0.0201. The van der Waals surface area contributed by atoms with E-state index in [2.05, 4.69) is 9.97 Å². The quantitative estimate of drug-likeness (QED) is 0.599. The minimum atomic E-state index is -3.83. The van der Waals surface area contributed by atoms with Crippen LogP contribution < -0.4 is 0 Å². The fraction of sp³-hybridized carbons (Fsp3) is 0.333. The molecule has 0 spiro atoms. The van der Waals surface area contributed by atoms with Gasteiger partial charge in [-0.3, -0.25) is 4.79 Å². The highest BCUT2D eigenvalue weighted by Gasteiger charge is 2.35. The van der Waals surface area contributed by atoms with Crippen LogP contribution in [0.1, 0.15) is 18.7 Å². The third-order valence-corrected chi connectivity index (χ3v) is 8.38. The molecule has 2 heterocycles. The first-order chi connectivity index (χ1) is 14.8. The van der Waals surface area contributed by atoms with Gasteiger partial charge >= 0.3 is 0 Å². The summed E-state index contributed by atoms with van der Waals surface area (Å²) >= 11 is 12.2. The molecule has 0 unspecified atom stereocenters. The maximum atomic E-state index is 13.0. The summed E-state index contributed by atoms with van der Waals surface area (Å²) in [6.07, 6.45) is 0.870. The molecule has 1 aliphatic rings. The molecular weight excluding hydrogens is 459 g/mol. The lowest BCUT2D eigenvalue weighted by molar-refractivity contribution is -0.136. The second-order valence-electron chi connectivity index (χ2n) is 7.62. The predicted molar refractivity (Wildman–Crippen MR) is 121 cm³/mol. The van der Waals surface area contributed by atoms with Crippen LogP contribution in [0.25, 0.3) is 11.0 Å². The zero-order chi connectivity index (χ0) is 22.2. The summed E-state index contributed by atoms with van der Waals surface area (Å²) in [5.41, 5.74) is 1.78. The number of hydrogen-bond acceptors (Lipinski definition) is 4. The second-order valence-corrected chi connectivity index (χ2v) is 10.3. The van der Waals surface area contributed by atoms with Gasteiger partial charge in [-0.15, -0.1) is 0 Å². The summed E-state index contributed by atoms with van der Waals surface area (Å²) in [6, 6.07) is 12.3. The van der Waals surface area contributed by atoms with Crippen molar-refractivity contribution < 1.29 is 13.2 Å². The predicted octanol–water partition coefficient (Wildman–Crippen LogP) is 3.93. The zero-order valence-corrected chi connectivity index (χ0v) is 19.2. The summed E-state index contributed by atoms with van der Waals surface area (Å²) in [5, 5.41) is 0.188. The van der Waals surface area contributed by atoms with Crippen molar-refractivity contribution in [3.05, 3.63) is 58.3 Å². The normalized spacial score (nSPS) is 16.0. The number of halogens is 2. The van der Waals surface area contributed by atoms with Gasteiger partial charge in [0, 0.05) is 26.1 Å². The van der Waals surface area contributed by atoms with Crippen molar-refractivity contribution in [3.63, 3.8) is 0 Å². The first kappa shape index (κ1) is 22.1. The Kier molecular flexibility index (Phi) is 6.25. The van der Waals surface area contributed by atoms with Gasteiger partial charge in [0.05, 0.1) is 27.6 Å². The Morgan fingerprint density at radius 1 is 1.13 bits per heavy atom. The maximum absolute atomic E-state index is 13.0. The summed E-state index contributed by atoms with van der Waals surface area (Å²) < 4.78 is 27.4. The number of imidazole rings is 1. The van der Waals surface area contributed by atoms with Crippen molar-refractivity contribution in [2.45, 2.75) is 24.3 Å². The van der Waals surface area contributed by atoms with E-state index in [-0.39, 0.29) is 39.9 Å². The van der Waals surface area contributed by atoms with E-state index in [1.165, 1.54) is 16.4 Å². The van der Waals surface area contributed by atoms with Crippen molar-refractivity contribution in [2.75, 3.05) is 20.1 Å². The number of sulfonamides is 1. The summed E-state index contributed by atoms with van der Waals surface area (Å²) in [5.74, 6) is 0.446. The Morgan fingerprint density at radius 3 is 2.42 bits per heavy atom. The number of aromatic amines is 1. The molecule has 1 aromatic heterocycles. The van der Waals surface area contributed by atoms with E-state index in [9.17, 15) is 13.2 Å². The van der Waals surface area contributed by atoms with Gasteiger partial charge in [0.1, 0.15) is 10.7 Å². The number of amides is 1. The lowest BCUT2D eigenvalue weighted by Gasteiger charge is -2.32. The molecule has 0 atom stereocenters. The highest BCUT2D eigenvalue weighted by atomic mass is 35.5. The molecule has 1 aliphatic heterocycles. The molecule has 1 amide bonds. The number of fused-ring (bicyclic) bond motifs is 1. The smallest absolute Gasteiger partial charge is 0.246 e. The average molecular weight is 481 g/mol. The Labute approximate surface area is 191 Å². The third-order valence-electron chi connectivity index (χ3n) is 5.52. The molecular formula is C21H22Cl2N4O3S. The lowest BCUT2D eigenvalue weighted by atomic mass is 9.97. The summed E-state index contributed by atoms with van der Waals surface area (Å²) in [6.45, 7) is 0.832. The van der Waals surface area contributed by atoms with Crippen LogP contribution in [0.3, 0.4) is 0 Å². The fourth-order valence-electron chi connectivity index (χ4n) is 3.90. The van der Waals surface area contributed by atoms with E-state index >= 15 is 0 Å². The van der Waals surface area contributed by atoms with Gasteiger partial charge in [-0.1, -0.05) is 41.4 Å². The summed E-state index contributed by atoms with van der Waals surface area (Å²) in [7, 11) is -2.09. The van der Waals surface area contributed by atoms with Gasteiger partial charge < -0.3 is 9.88 Å². The maximum Gasteiger partial charge on any atom is 0.246 e. The van der Waals surface area contributed by atoms with Crippen molar-refractivity contribution >= 4 is 50.2 Å². The molecule has 2 aromatic carbocycles. The van der Waals surface area contributed by atoms with Crippen molar-refractivity contribution in [2.24, 2.45) is 5.92 Å². The average Bonchev–Trinajstić information content (AvgIpc) is 3.15. The van der Waals surface area contributed by atoms with E-state index in [4.69, 9.17) is 23.2 Å². The largest absolute Gasteiger partial charge is 0.340 e. The van der Waals surface area contributed by atoms with Crippen LogP contribution >= 0.6 is 23.2 Å². The van der Waals surface area contributed by atoms with Crippen LogP contribution in [-0.2, 0) is 21.4 Å². The van der Waals surface area contributed by atoms with Crippen LogP contribution in [0.5, 0.6) is 0 Å². The van der Waals surface area contributed by atoms with E-state index in [0.717, 1.165) is 11.0 Å². The topological polar surface area (TPSA) is 86.4 Å². The Balaban J connectivity index is 1.40. The van der Waals surface area contributed by atoms with Crippen LogP contribution in [0.4, 0.5) is 0 Å². The molecule has 164 valence electrons. The number of para-hydroxylation sites is 2. The molecule has 1 saturated heterocycles. The van der Waals surface area contributed by atoms with Gasteiger partial charge in [-0.05, 0) is 37.1 Å². The Morgan fingerprint density at radius 2 is 1.77 bits per heavy atom. The molecule has 10 heteroatoms. The second kappa shape index (κ2) is 8.78. The molecule has 0 radical (unpaired) electrons. The van der Waals surface area contributed by atoms with Crippen molar-refractivity contribution in [3.8, 4) is 0 Å². The number of H-pyrrole nitrogens is 1. The fourth-order valence-corrected chi connectivity index (χ4v) is 6.46. The number of nitrogens with one attached hydrogen (secondary N) is 1. The first-order valence-corrected chi connectivity index (χ1v) is 12.1. The van der Waals surface area contributed by atoms with Gasteiger partial charge in [-0.25, -0.2) is 13.4 Å². The molecule has 7 nitrogen and oxygen atoms in total. The number of benzene rings is 2. The SMILES string of the molecule is CN(Cc1nc2ccccc2[nH]1)C(=O)C1CCN(S(=O)(=O)c2c(Cl)cccc2Cl)CC1. The number of carbonyl (C=O) groups is 1. The summed E-state index contributed by atoms with van der Waals surface area (Å²) in [4.78, 5) is 22.2. The number of nitrogens with zero attached hydrogens (tertiary/aromatic N) is 3. The van der Waals surface area contributed by atoms with E-state index < -0.39 is 10.0 Å². The molecule has 0 bridgehead atoms. The standard InChI is InChI=1S/C21H22Cl2N4O3S/c1-26(13-19-24-17-7-2-3-8-18(17)25-19)21(28)14-9-11-27(12-10-14)31(29,30)20-15(22)5-4-6-16(20)23/h2-8,14H,9-13H2,1H3,(H,24,25). The number of aromatic nitrogens is 2. The Bertz CT molecular complexity index is 1170. The van der Waals surface area contributed by atoms with Crippen molar-refractivity contribution in [1.82, 2.24) is 19.2 Å². The molecule has 3 aromatic rings. The molecule has 4 rings (SSSR count). The lowest BCUT2D eigenvalue weighted by Crippen LogP contribution is -2.43. The van der Waals surface area contributed by atoms with Gasteiger partial charge in [-0.2, -0.15) is 4.31 Å². The van der Waals surface area contributed by atoms with Crippen molar-refractivity contribution in [1.29, 1.82) is 0 Å². The van der Waals surface area contributed by atoms with Gasteiger partial charge in [0.2, 0.25) is 15.9 Å².